The molecule has 0 aliphatic rings. The molecule has 8 heteroatoms. The second-order valence-electron chi connectivity index (χ2n) is 4.62. The number of aliphatic hydroxyl groups excluding tert-OH is 2. The fraction of sp³-hybridized carbons (Fsp3) is 0.286. The Balaban J connectivity index is 2.48. The van der Waals surface area contributed by atoms with Gasteiger partial charge in [-0.25, -0.2) is 0 Å². The van der Waals surface area contributed by atoms with Crippen molar-refractivity contribution in [2.24, 2.45) is 0 Å². The van der Waals surface area contributed by atoms with Gasteiger partial charge in [-0.3, -0.25) is 0 Å². The topological polar surface area (TPSA) is 137 Å². The van der Waals surface area contributed by atoms with E-state index in [0.29, 0.717) is 16.9 Å². The zero-order valence-electron chi connectivity index (χ0n) is 12.2. The fourth-order valence-corrected chi connectivity index (χ4v) is 1.80. The summed E-state index contributed by atoms with van der Waals surface area (Å²) in [4.78, 5) is 7.83. The van der Waals surface area contributed by atoms with Gasteiger partial charge in [-0.05, 0) is 24.6 Å². The molecule has 2 rings (SSSR count). The molecule has 1 heterocycles. The van der Waals surface area contributed by atoms with Crippen LogP contribution in [0.4, 0.5) is 11.8 Å². The summed E-state index contributed by atoms with van der Waals surface area (Å²) < 4.78 is 10.3. The lowest BCUT2D eigenvalue weighted by molar-refractivity contribution is -0.0976. The molecule has 1 unspecified atom stereocenters. The van der Waals surface area contributed by atoms with E-state index < -0.39 is 12.4 Å². The zero-order chi connectivity index (χ0) is 16.3. The van der Waals surface area contributed by atoms with Gasteiger partial charge in [0.25, 0.3) is 0 Å². The van der Waals surface area contributed by atoms with E-state index in [1.165, 1.54) is 6.92 Å². The monoisotopic (exact) mass is 306 g/mol. The summed E-state index contributed by atoms with van der Waals surface area (Å²) in [6, 6.07) is 6.96. The van der Waals surface area contributed by atoms with Crippen LogP contribution in [0.5, 0.6) is 11.6 Å². The molecule has 0 aliphatic heterocycles. The van der Waals surface area contributed by atoms with Gasteiger partial charge in [-0.1, -0.05) is 12.1 Å². The van der Waals surface area contributed by atoms with E-state index in [4.69, 9.17) is 20.9 Å². The van der Waals surface area contributed by atoms with Crippen molar-refractivity contribution in [2.75, 3.05) is 18.6 Å². The Labute approximate surface area is 127 Å². The first-order chi connectivity index (χ1) is 10.4. The van der Waals surface area contributed by atoms with Gasteiger partial charge in [-0.15, -0.1) is 0 Å². The SMILES string of the molecule is COc1ccc(-c2c(N)nc(N)nc2O[C@@H](O)C(C)O)cc1. The van der Waals surface area contributed by atoms with Crippen molar-refractivity contribution < 1.29 is 19.7 Å². The van der Waals surface area contributed by atoms with E-state index in [1.807, 2.05) is 0 Å². The maximum absolute atomic E-state index is 9.68. The summed E-state index contributed by atoms with van der Waals surface area (Å²) >= 11 is 0. The van der Waals surface area contributed by atoms with Crippen molar-refractivity contribution in [3.63, 3.8) is 0 Å². The molecule has 22 heavy (non-hydrogen) atoms. The Hall–Kier alpha value is -2.58. The number of nitrogens with zero attached hydrogens (tertiary/aromatic N) is 2. The summed E-state index contributed by atoms with van der Waals surface area (Å²) in [6.45, 7) is 1.38. The Kier molecular flexibility index (Phi) is 4.64. The number of aliphatic hydroxyl groups is 2. The van der Waals surface area contributed by atoms with E-state index in [1.54, 1.807) is 31.4 Å². The normalized spacial score (nSPS) is 13.5. The van der Waals surface area contributed by atoms with Crippen LogP contribution in [0.15, 0.2) is 24.3 Å². The van der Waals surface area contributed by atoms with Gasteiger partial charge in [0.1, 0.15) is 17.7 Å². The third-order valence-corrected chi connectivity index (χ3v) is 2.94. The molecule has 0 spiro atoms. The molecule has 1 aromatic heterocycles. The number of benzene rings is 1. The summed E-state index contributed by atoms with van der Waals surface area (Å²) in [5, 5.41) is 19.0. The smallest absolute Gasteiger partial charge is 0.230 e. The molecular weight excluding hydrogens is 288 g/mol. The molecule has 0 saturated carbocycles. The Bertz CT molecular complexity index is 646. The predicted molar refractivity (Wildman–Crippen MR) is 81.2 cm³/mol. The molecule has 0 saturated heterocycles. The van der Waals surface area contributed by atoms with Gasteiger partial charge in [0.2, 0.25) is 18.1 Å². The minimum Gasteiger partial charge on any atom is -0.497 e. The van der Waals surface area contributed by atoms with Crippen molar-refractivity contribution in [3.05, 3.63) is 24.3 Å². The van der Waals surface area contributed by atoms with Crippen LogP contribution in [0.25, 0.3) is 11.1 Å². The van der Waals surface area contributed by atoms with E-state index in [-0.39, 0.29) is 17.6 Å². The highest BCUT2D eigenvalue weighted by Gasteiger charge is 2.20. The summed E-state index contributed by atoms with van der Waals surface area (Å²) in [7, 11) is 1.56. The number of hydrogen-bond donors (Lipinski definition) is 4. The maximum Gasteiger partial charge on any atom is 0.230 e. The van der Waals surface area contributed by atoms with E-state index in [0.717, 1.165) is 0 Å². The van der Waals surface area contributed by atoms with Crippen molar-refractivity contribution >= 4 is 11.8 Å². The largest absolute Gasteiger partial charge is 0.497 e. The van der Waals surface area contributed by atoms with E-state index in [2.05, 4.69) is 9.97 Å². The minimum absolute atomic E-state index is 0.0106. The number of methoxy groups -OCH3 is 1. The Morgan fingerprint density at radius 3 is 2.27 bits per heavy atom. The molecule has 2 atom stereocenters. The molecule has 0 radical (unpaired) electrons. The minimum atomic E-state index is -1.47. The first-order valence-corrected chi connectivity index (χ1v) is 6.52. The summed E-state index contributed by atoms with van der Waals surface area (Å²) in [6.07, 6.45) is -2.58. The number of aromatic nitrogens is 2. The van der Waals surface area contributed by atoms with E-state index >= 15 is 0 Å². The van der Waals surface area contributed by atoms with Crippen LogP contribution in [0.2, 0.25) is 0 Å². The van der Waals surface area contributed by atoms with Crippen LogP contribution in [0.1, 0.15) is 6.92 Å². The Morgan fingerprint density at radius 2 is 1.73 bits per heavy atom. The average Bonchev–Trinajstić information content (AvgIpc) is 2.47. The highest BCUT2D eigenvalue weighted by molar-refractivity contribution is 5.79. The van der Waals surface area contributed by atoms with Gasteiger partial charge in [0, 0.05) is 0 Å². The standard InChI is InChI=1S/C14H18N4O4/c1-7(19)13(20)22-12-10(11(15)17-14(16)18-12)8-3-5-9(21-2)6-4-8/h3-7,13,19-20H,1-2H3,(H4,15,16,17,18)/t7?,13-/m1/s1. The van der Waals surface area contributed by atoms with Gasteiger partial charge >= 0.3 is 0 Å². The predicted octanol–water partition coefficient (Wildman–Crippen LogP) is 0.395. The first kappa shape index (κ1) is 15.8. The van der Waals surface area contributed by atoms with E-state index in [9.17, 15) is 10.2 Å². The molecule has 1 aromatic carbocycles. The molecule has 0 aliphatic carbocycles. The summed E-state index contributed by atoms with van der Waals surface area (Å²) in [5.41, 5.74) is 12.5. The zero-order valence-corrected chi connectivity index (χ0v) is 12.2. The number of nitrogen functional groups attached to an aromatic ring is 2. The molecule has 2 aromatic rings. The van der Waals surface area contributed by atoms with Crippen LogP contribution in [-0.2, 0) is 0 Å². The second kappa shape index (κ2) is 6.46. The lowest BCUT2D eigenvalue weighted by atomic mass is 10.1. The van der Waals surface area contributed by atoms with Crippen molar-refractivity contribution in [1.82, 2.24) is 9.97 Å². The number of ether oxygens (including phenoxy) is 2. The number of anilines is 2. The average molecular weight is 306 g/mol. The highest BCUT2D eigenvalue weighted by Crippen LogP contribution is 2.34. The molecule has 0 bridgehead atoms. The third-order valence-electron chi connectivity index (χ3n) is 2.94. The lowest BCUT2D eigenvalue weighted by Crippen LogP contribution is -2.29. The van der Waals surface area contributed by atoms with Crippen molar-refractivity contribution in [2.45, 2.75) is 19.3 Å². The van der Waals surface area contributed by atoms with Crippen LogP contribution < -0.4 is 20.9 Å². The van der Waals surface area contributed by atoms with Crippen molar-refractivity contribution in [3.8, 4) is 22.8 Å². The molecule has 8 nitrogen and oxygen atoms in total. The molecule has 0 fully saturated rings. The maximum atomic E-state index is 9.68. The van der Waals surface area contributed by atoms with Crippen LogP contribution in [0, 0.1) is 0 Å². The molecule has 0 amide bonds. The highest BCUT2D eigenvalue weighted by atomic mass is 16.6. The van der Waals surface area contributed by atoms with Crippen LogP contribution in [0.3, 0.4) is 0 Å². The molecular formula is C14H18N4O4. The lowest BCUT2D eigenvalue weighted by Gasteiger charge is -2.18. The quantitative estimate of drug-likeness (QED) is 0.582. The summed E-state index contributed by atoms with van der Waals surface area (Å²) in [5.74, 6) is 0.668. The second-order valence-corrected chi connectivity index (χ2v) is 4.62. The van der Waals surface area contributed by atoms with Gasteiger partial charge in [0.05, 0.1) is 12.7 Å². The van der Waals surface area contributed by atoms with Gasteiger partial charge in [-0.2, -0.15) is 9.97 Å². The van der Waals surface area contributed by atoms with Gasteiger partial charge < -0.3 is 31.2 Å². The van der Waals surface area contributed by atoms with Crippen LogP contribution >= 0.6 is 0 Å². The Morgan fingerprint density at radius 1 is 1.09 bits per heavy atom. The third kappa shape index (κ3) is 3.35. The number of nitrogens with two attached hydrogens (primary N) is 2. The fourth-order valence-electron chi connectivity index (χ4n) is 1.80. The molecule has 118 valence electrons. The number of rotatable bonds is 5. The van der Waals surface area contributed by atoms with Crippen molar-refractivity contribution in [1.29, 1.82) is 0 Å². The van der Waals surface area contributed by atoms with Crippen LogP contribution in [-0.4, -0.2) is 39.7 Å². The first-order valence-electron chi connectivity index (χ1n) is 6.52. The molecule has 6 N–H and O–H groups in total. The number of hydrogen-bond acceptors (Lipinski definition) is 8. The van der Waals surface area contributed by atoms with Gasteiger partial charge in [0.15, 0.2) is 0 Å².